The van der Waals surface area contributed by atoms with E-state index in [0.29, 0.717) is 5.56 Å². The molecule has 0 aliphatic rings. The van der Waals surface area contributed by atoms with Crippen LogP contribution < -0.4 is 0 Å². The Hall–Kier alpha value is -1.39. The fourth-order valence-electron chi connectivity index (χ4n) is 1.26. The van der Waals surface area contributed by atoms with Crippen molar-refractivity contribution in [2.45, 2.75) is 20.5 Å². The molecule has 2 N–H and O–H groups in total. The Balaban J connectivity index is 3.24. The van der Waals surface area contributed by atoms with Gasteiger partial charge in [0.25, 0.3) is 0 Å². The Morgan fingerprint density at radius 2 is 1.93 bits per heavy atom. The fourth-order valence-corrected chi connectivity index (χ4v) is 1.26. The summed E-state index contributed by atoms with van der Waals surface area (Å²) in [4.78, 5) is 14.8. The number of carbonyl (C=O) groups is 1. The summed E-state index contributed by atoms with van der Waals surface area (Å²) in [6.45, 7) is 3.61. The van der Waals surface area contributed by atoms with Crippen molar-refractivity contribution in [3.8, 4) is 0 Å². The molecular formula is C10H12O4. The molecule has 1 aromatic carbocycles. The first-order chi connectivity index (χ1) is 6.56. The van der Waals surface area contributed by atoms with E-state index in [2.05, 4.69) is 4.89 Å². The molecule has 0 atom stereocenters. The highest BCUT2D eigenvalue weighted by Crippen LogP contribution is 2.16. The minimum absolute atomic E-state index is 0.108. The molecule has 14 heavy (non-hydrogen) atoms. The van der Waals surface area contributed by atoms with Crippen LogP contribution >= 0.6 is 0 Å². The number of carboxylic acids is 1. The Bertz CT molecular complexity index is 357. The van der Waals surface area contributed by atoms with Gasteiger partial charge in [0, 0.05) is 0 Å². The number of benzene rings is 1. The van der Waals surface area contributed by atoms with Crippen molar-refractivity contribution in [1.29, 1.82) is 0 Å². The van der Waals surface area contributed by atoms with Crippen LogP contribution in [0.25, 0.3) is 0 Å². The summed E-state index contributed by atoms with van der Waals surface area (Å²) in [7, 11) is 0. The maximum absolute atomic E-state index is 10.8. The van der Waals surface area contributed by atoms with Gasteiger partial charge in [-0.3, -0.25) is 5.26 Å². The molecule has 0 fully saturated rings. The van der Waals surface area contributed by atoms with Gasteiger partial charge in [-0.05, 0) is 36.6 Å². The quantitative estimate of drug-likeness (QED) is 0.573. The van der Waals surface area contributed by atoms with Crippen molar-refractivity contribution < 1.29 is 20.0 Å². The monoisotopic (exact) mass is 196 g/mol. The number of hydrogen-bond acceptors (Lipinski definition) is 3. The first kappa shape index (κ1) is 10.7. The van der Waals surface area contributed by atoms with E-state index in [1.807, 2.05) is 13.8 Å². The highest BCUT2D eigenvalue weighted by Gasteiger charge is 2.11. The Morgan fingerprint density at radius 3 is 2.43 bits per heavy atom. The second-order valence-corrected chi connectivity index (χ2v) is 3.17. The van der Waals surface area contributed by atoms with E-state index in [1.54, 1.807) is 12.1 Å². The van der Waals surface area contributed by atoms with Crippen LogP contribution in [0.2, 0.25) is 0 Å². The number of carboxylic acid groups (broad SMARTS) is 1. The highest BCUT2D eigenvalue weighted by molar-refractivity contribution is 5.89. The average molecular weight is 196 g/mol. The van der Waals surface area contributed by atoms with Gasteiger partial charge in [-0.2, -0.15) is 0 Å². The third-order valence-electron chi connectivity index (χ3n) is 2.17. The van der Waals surface area contributed by atoms with Crippen molar-refractivity contribution in [1.82, 2.24) is 0 Å². The number of hydrogen-bond donors (Lipinski definition) is 2. The van der Waals surface area contributed by atoms with Crippen LogP contribution in [-0.4, -0.2) is 16.3 Å². The first-order valence-electron chi connectivity index (χ1n) is 4.16. The molecule has 1 aromatic rings. The largest absolute Gasteiger partial charge is 0.478 e. The lowest BCUT2D eigenvalue weighted by molar-refractivity contribution is -0.253. The molecule has 0 aromatic heterocycles. The van der Waals surface area contributed by atoms with Gasteiger partial charge < -0.3 is 5.11 Å². The van der Waals surface area contributed by atoms with Crippen LogP contribution in [-0.2, 0) is 11.5 Å². The van der Waals surface area contributed by atoms with Crippen LogP contribution in [0.15, 0.2) is 12.1 Å². The molecule has 0 unspecified atom stereocenters. The SMILES string of the molecule is Cc1cc(COO)c(C(=O)O)cc1C. The zero-order chi connectivity index (χ0) is 10.7. The van der Waals surface area contributed by atoms with Crippen LogP contribution in [0.3, 0.4) is 0 Å². The molecule has 0 saturated heterocycles. The summed E-state index contributed by atoms with van der Waals surface area (Å²) in [5.74, 6) is -1.01. The molecule has 76 valence electrons. The lowest BCUT2D eigenvalue weighted by Crippen LogP contribution is -2.05. The molecule has 0 radical (unpaired) electrons. The summed E-state index contributed by atoms with van der Waals surface area (Å²) in [5, 5.41) is 17.2. The van der Waals surface area contributed by atoms with Crippen molar-refractivity contribution in [2.75, 3.05) is 0 Å². The Morgan fingerprint density at radius 1 is 1.36 bits per heavy atom. The fraction of sp³-hybridized carbons (Fsp3) is 0.300. The van der Waals surface area contributed by atoms with Crippen molar-refractivity contribution in [2.24, 2.45) is 0 Å². The zero-order valence-corrected chi connectivity index (χ0v) is 8.07. The van der Waals surface area contributed by atoms with Crippen molar-refractivity contribution in [3.05, 3.63) is 34.4 Å². The first-order valence-corrected chi connectivity index (χ1v) is 4.16. The molecule has 0 amide bonds. The van der Waals surface area contributed by atoms with Gasteiger partial charge in [0.05, 0.1) is 5.56 Å². The Kier molecular flexibility index (Phi) is 3.22. The molecule has 0 heterocycles. The van der Waals surface area contributed by atoms with E-state index in [0.717, 1.165) is 11.1 Å². The number of aromatic carboxylic acids is 1. The number of rotatable bonds is 3. The second kappa shape index (κ2) is 4.21. The van der Waals surface area contributed by atoms with Gasteiger partial charge in [-0.25, -0.2) is 9.68 Å². The van der Waals surface area contributed by atoms with E-state index < -0.39 is 5.97 Å². The summed E-state index contributed by atoms with van der Waals surface area (Å²) in [6.07, 6.45) is 0. The summed E-state index contributed by atoms with van der Waals surface area (Å²) < 4.78 is 0. The molecule has 4 heteroatoms. The molecule has 0 aliphatic carbocycles. The second-order valence-electron chi connectivity index (χ2n) is 3.17. The van der Waals surface area contributed by atoms with Gasteiger partial charge >= 0.3 is 5.97 Å². The van der Waals surface area contributed by atoms with Crippen LogP contribution in [0.4, 0.5) is 0 Å². The van der Waals surface area contributed by atoms with E-state index in [9.17, 15) is 4.79 Å². The molecular weight excluding hydrogens is 184 g/mol. The van der Waals surface area contributed by atoms with Gasteiger partial charge in [-0.15, -0.1) is 0 Å². The minimum Gasteiger partial charge on any atom is -0.478 e. The maximum atomic E-state index is 10.8. The minimum atomic E-state index is -1.01. The van der Waals surface area contributed by atoms with E-state index in [-0.39, 0.29) is 12.2 Å². The topological polar surface area (TPSA) is 66.8 Å². The molecule has 0 bridgehead atoms. The third-order valence-corrected chi connectivity index (χ3v) is 2.17. The molecule has 0 spiro atoms. The van der Waals surface area contributed by atoms with Gasteiger partial charge in [-0.1, -0.05) is 6.07 Å². The predicted molar refractivity (Wildman–Crippen MR) is 50.3 cm³/mol. The lowest BCUT2D eigenvalue weighted by Gasteiger charge is -2.08. The third kappa shape index (κ3) is 2.10. The van der Waals surface area contributed by atoms with Crippen LogP contribution in [0.5, 0.6) is 0 Å². The predicted octanol–water partition coefficient (Wildman–Crippen LogP) is 1.99. The van der Waals surface area contributed by atoms with Crippen molar-refractivity contribution >= 4 is 5.97 Å². The van der Waals surface area contributed by atoms with E-state index in [1.165, 1.54) is 0 Å². The summed E-state index contributed by atoms with van der Waals surface area (Å²) in [6, 6.07) is 3.28. The molecule has 4 nitrogen and oxygen atoms in total. The van der Waals surface area contributed by atoms with Gasteiger partial charge in [0.1, 0.15) is 6.61 Å². The van der Waals surface area contributed by atoms with E-state index in [4.69, 9.17) is 10.4 Å². The van der Waals surface area contributed by atoms with Crippen LogP contribution in [0.1, 0.15) is 27.0 Å². The van der Waals surface area contributed by atoms with Gasteiger partial charge in [0.15, 0.2) is 0 Å². The molecule has 1 rings (SSSR count). The highest BCUT2D eigenvalue weighted by atomic mass is 17.1. The standard InChI is InChI=1S/C10H12O4/c1-6-3-8(5-14-13)9(10(11)12)4-7(6)2/h3-4,13H,5H2,1-2H3,(H,11,12). The number of aryl methyl sites for hydroxylation is 2. The van der Waals surface area contributed by atoms with Crippen molar-refractivity contribution in [3.63, 3.8) is 0 Å². The normalized spacial score (nSPS) is 10.2. The molecule has 0 aliphatic heterocycles. The average Bonchev–Trinajstić information content (AvgIpc) is 2.11. The summed E-state index contributed by atoms with van der Waals surface area (Å²) >= 11 is 0. The maximum Gasteiger partial charge on any atom is 0.336 e. The van der Waals surface area contributed by atoms with Gasteiger partial charge in [0.2, 0.25) is 0 Å². The van der Waals surface area contributed by atoms with Crippen LogP contribution in [0, 0.1) is 13.8 Å². The zero-order valence-electron chi connectivity index (χ0n) is 8.07. The lowest BCUT2D eigenvalue weighted by atomic mass is 10.0. The summed E-state index contributed by atoms with van der Waals surface area (Å²) in [5.41, 5.74) is 2.52. The molecule has 0 saturated carbocycles. The van der Waals surface area contributed by atoms with E-state index >= 15 is 0 Å². The smallest absolute Gasteiger partial charge is 0.336 e. The Labute approximate surface area is 81.7 Å².